The van der Waals surface area contributed by atoms with E-state index in [4.69, 9.17) is 5.73 Å². The zero-order chi connectivity index (χ0) is 11.6. The smallest absolute Gasteiger partial charge is 0.248 e. The largest absolute Gasteiger partial charge is 0.366 e. The highest BCUT2D eigenvalue weighted by atomic mass is 32.2. The molecule has 6 nitrogen and oxygen atoms in total. The number of hydrogen-bond acceptors (Lipinski definition) is 4. The summed E-state index contributed by atoms with van der Waals surface area (Å²) in [6.07, 6.45) is 2.38. The lowest BCUT2D eigenvalue weighted by atomic mass is 10.2. The second-order valence-corrected chi connectivity index (χ2v) is 5.01. The van der Waals surface area contributed by atoms with Gasteiger partial charge in [-0.3, -0.25) is 9.10 Å². The second-order valence-electron chi connectivity index (χ2n) is 3.00. The van der Waals surface area contributed by atoms with E-state index in [1.807, 2.05) is 0 Å². The number of aromatic nitrogens is 1. The quantitative estimate of drug-likeness (QED) is 0.761. The van der Waals surface area contributed by atoms with Gasteiger partial charge in [-0.2, -0.15) is 0 Å². The fourth-order valence-corrected chi connectivity index (χ4v) is 1.35. The molecule has 0 saturated heterocycles. The predicted octanol–water partition coefficient (Wildman–Crippen LogP) is -0.424. The van der Waals surface area contributed by atoms with Gasteiger partial charge in [-0.25, -0.2) is 13.4 Å². The Labute approximate surface area is 87.8 Å². The molecule has 1 rings (SSSR count). The molecule has 7 heteroatoms. The van der Waals surface area contributed by atoms with Crippen LogP contribution in [0.25, 0.3) is 0 Å². The minimum absolute atomic E-state index is 0.161. The van der Waals surface area contributed by atoms with Crippen molar-refractivity contribution in [3.05, 3.63) is 23.9 Å². The zero-order valence-corrected chi connectivity index (χ0v) is 9.15. The number of nitrogens with zero attached hydrogens (tertiary/aromatic N) is 2. The Morgan fingerprint density at radius 2 is 2.13 bits per heavy atom. The Bertz CT molecular complexity index is 484. The molecule has 0 bridgehead atoms. The molecule has 0 aliphatic heterocycles. The van der Waals surface area contributed by atoms with Gasteiger partial charge in [0.2, 0.25) is 15.9 Å². The molecule has 0 fully saturated rings. The van der Waals surface area contributed by atoms with Gasteiger partial charge in [-0.05, 0) is 12.1 Å². The van der Waals surface area contributed by atoms with Crippen LogP contribution in [-0.2, 0) is 10.0 Å². The monoisotopic (exact) mass is 229 g/mol. The van der Waals surface area contributed by atoms with Gasteiger partial charge in [0.05, 0.1) is 6.26 Å². The minimum Gasteiger partial charge on any atom is -0.366 e. The number of pyridine rings is 1. The lowest BCUT2D eigenvalue weighted by molar-refractivity contribution is 0.1000. The Morgan fingerprint density at radius 1 is 1.53 bits per heavy atom. The molecule has 82 valence electrons. The lowest BCUT2D eigenvalue weighted by Gasteiger charge is -2.15. The van der Waals surface area contributed by atoms with E-state index in [0.717, 1.165) is 10.6 Å². The summed E-state index contributed by atoms with van der Waals surface area (Å²) in [4.78, 5) is 14.7. The SMILES string of the molecule is CN(c1cc(C(N)=O)ccn1)S(C)(=O)=O. The average molecular weight is 229 g/mol. The maximum atomic E-state index is 11.2. The van der Waals surface area contributed by atoms with Crippen molar-refractivity contribution >= 4 is 21.7 Å². The van der Waals surface area contributed by atoms with E-state index in [1.165, 1.54) is 25.4 Å². The van der Waals surface area contributed by atoms with E-state index in [2.05, 4.69) is 4.98 Å². The van der Waals surface area contributed by atoms with E-state index in [1.54, 1.807) is 0 Å². The molecular formula is C8H11N3O3S. The minimum atomic E-state index is -3.38. The van der Waals surface area contributed by atoms with Crippen LogP contribution < -0.4 is 10.0 Å². The molecule has 0 aliphatic rings. The van der Waals surface area contributed by atoms with Gasteiger partial charge in [0.25, 0.3) is 0 Å². The van der Waals surface area contributed by atoms with Gasteiger partial charge in [-0.1, -0.05) is 0 Å². The van der Waals surface area contributed by atoms with E-state index in [9.17, 15) is 13.2 Å². The molecule has 0 spiro atoms. The summed E-state index contributed by atoms with van der Waals surface area (Å²) >= 11 is 0. The van der Waals surface area contributed by atoms with Crippen molar-refractivity contribution in [1.82, 2.24) is 4.98 Å². The standard InChI is InChI=1S/C8H11N3O3S/c1-11(15(2,13)14)7-5-6(8(9)12)3-4-10-7/h3-5H,1-2H3,(H2,9,12). The first kappa shape index (κ1) is 11.4. The van der Waals surface area contributed by atoms with Crippen molar-refractivity contribution in [1.29, 1.82) is 0 Å². The zero-order valence-electron chi connectivity index (χ0n) is 8.34. The topological polar surface area (TPSA) is 93.4 Å². The summed E-state index contributed by atoms with van der Waals surface area (Å²) in [7, 11) is -2.03. The third-order valence-electron chi connectivity index (χ3n) is 1.85. The normalized spacial score (nSPS) is 11.1. The first-order valence-corrected chi connectivity index (χ1v) is 5.87. The van der Waals surface area contributed by atoms with Crippen LogP contribution in [0, 0.1) is 0 Å². The molecule has 2 N–H and O–H groups in total. The van der Waals surface area contributed by atoms with Crippen molar-refractivity contribution in [2.24, 2.45) is 5.73 Å². The first-order chi connectivity index (χ1) is 6.82. The number of primary amides is 1. The number of anilines is 1. The third-order valence-corrected chi connectivity index (χ3v) is 3.03. The molecule has 0 aromatic carbocycles. The molecule has 1 amide bonds. The summed E-state index contributed by atoms with van der Waals surface area (Å²) in [6.45, 7) is 0. The summed E-state index contributed by atoms with van der Waals surface area (Å²) in [5, 5.41) is 0. The molecule has 1 heterocycles. The molecule has 0 aliphatic carbocycles. The summed E-state index contributed by atoms with van der Waals surface area (Å²) < 4.78 is 23.3. The van der Waals surface area contributed by atoms with Gasteiger partial charge in [-0.15, -0.1) is 0 Å². The molecule has 15 heavy (non-hydrogen) atoms. The highest BCUT2D eigenvalue weighted by Crippen LogP contribution is 2.13. The number of sulfonamides is 1. The molecule has 0 saturated carbocycles. The second kappa shape index (κ2) is 3.85. The van der Waals surface area contributed by atoms with Gasteiger partial charge >= 0.3 is 0 Å². The Kier molecular flexibility index (Phi) is 2.94. The van der Waals surface area contributed by atoms with Gasteiger partial charge < -0.3 is 5.73 Å². The van der Waals surface area contributed by atoms with Crippen LogP contribution in [0.5, 0.6) is 0 Å². The van der Waals surface area contributed by atoms with Crippen LogP contribution in [0.15, 0.2) is 18.3 Å². The van der Waals surface area contributed by atoms with E-state index >= 15 is 0 Å². The number of carbonyl (C=O) groups is 1. The fraction of sp³-hybridized carbons (Fsp3) is 0.250. The van der Waals surface area contributed by atoms with Crippen molar-refractivity contribution in [2.75, 3.05) is 17.6 Å². The fourth-order valence-electron chi connectivity index (χ4n) is 0.914. The highest BCUT2D eigenvalue weighted by Gasteiger charge is 2.14. The van der Waals surface area contributed by atoms with E-state index < -0.39 is 15.9 Å². The number of amides is 1. The van der Waals surface area contributed by atoms with E-state index in [-0.39, 0.29) is 11.4 Å². The first-order valence-electron chi connectivity index (χ1n) is 4.02. The molecular weight excluding hydrogens is 218 g/mol. The van der Waals surface area contributed by atoms with Gasteiger partial charge in [0.15, 0.2) is 0 Å². The summed E-state index contributed by atoms with van der Waals surface area (Å²) in [5.41, 5.74) is 5.28. The van der Waals surface area contributed by atoms with Crippen LogP contribution >= 0.6 is 0 Å². The predicted molar refractivity (Wildman–Crippen MR) is 56.0 cm³/mol. The molecule has 0 radical (unpaired) electrons. The Balaban J connectivity index is 3.17. The lowest BCUT2D eigenvalue weighted by Crippen LogP contribution is -2.26. The molecule has 1 aromatic heterocycles. The summed E-state index contributed by atoms with van der Waals surface area (Å²) in [5.74, 6) is -0.464. The number of carbonyl (C=O) groups excluding carboxylic acids is 1. The molecule has 0 atom stereocenters. The Morgan fingerprint density at radius 3 is 2.60 bits per heavy atom. The number of rotatable bonds is 3. The maximum Gasteiger partial charge on any atom is 0.248 e. The van der Waals surface area contributed by atoms with Crippen molar-refractivity contribution in [3.8, 4) is 0 Å². The van der Waals surface area contributed by atoms with Crippen molar-refractivity contribution in [2.45, 2.75) is 0 Å². The van der Waals surface area contributed by atoms with Crippen molar-refractivity contribution < 1.29 is 13.2 Å². The van der Waals surface area contributed by atoms with Crippen LogP contribution in [0.4, 0.5) is 5.82 Å². The highest BCUT2D eigenvalue weighted by molar-refractivity contribution is 7.92. The van der Waals surface area contributed by atoms with E-state index in [0.29, 0.717) is 0 Å². The Hall–Kier alpha value is -1.63. The summed E-state index contributed by atoms with van der Waals surface area (Å²) in [6, 6.07) is 2.74. The van der Waals surface area contributed by atoms with Crippen LogP contribution in [-0.4, -0.2) is 32.6 Å². The molecule has 1 aromatic rings. The van der Waals surface area contributed by atoms with Crippen molar-refractivity contribution in [3.63, 3.8) is 0 Å². The number of hydrogen-bond donors (Lipinski definition) is 1. The third kappa shape index (κ3) is 2.66. The maximum absolute atomic E-state index is 11.2. The average Bonchev–Trinajstić information content (AvgIpc) is 2.15. The molecule has 0 unspecified atom stereocenters. The number of nitrogens with two attached hydrogens (primary N) is 1. The van der Waals surface area contributed by atoms with Gasteiger partial charge in [0.1, 0.15) is 5.82 Å². The van der Waals surface area contributed by atoms with Crippen LogP contribution in [0.1, 0.15) is 10.4 Å². The van der Waals surface area contributed by atoms with Crippen LogP contribution in [0.2, 0.25) is 0 Å². The van der Waals surface area contributed by atoms with Gasteiger partial charge in [0, 0.05) is 18.8 Å². The van der Waals surface area contributed by atoms with Crippen LogP contribution in [0.3, 0.4) is 0 Å².